The van der Waals surface area contributed by atoms with Gasteiger partial charge < -0.3 is 4.42 Å². The third-order valence-electron chi connectivity index (χ3n) is 2.71. The van der Waals surface area contributed by atoms with Crippen LogP contribution in [0.1, 0.15) is 0 Å². The molecule has 0 aliphatic heterocycles. The molecule has 1 heterocycles. The lowest BCUT2D eigenvalue weighted by Gasteiger charge is -2.07. The molecular formula is C13H8FNO4S2. The van der Waals surface area contributed by atoms with E-state index in [1.54, 1.807) is 0 Å². The van der Waals surface area contributed by atoms with Crippen LogP contribution >= 0.6 is 11.3 Å². The van der Waals surface area contributed by atoms with Gasteiger partial charge in [0.05, 0.1) is 15.3 Å². The Balaban J connectivity index is 1.96. The quantitative estimate of drug-likeness (QED) is 0.803. The number of halogens is 1. The van der Waals surface area contributed by atoms with Crippen molar-refractivity contribution in [3.8, 4) is 0 Å². The zero-order chi connectivity index (χ0) is 15.0. The molecule has 0 fully saturated rings. The fourth-order valence-corrected chi connectivity index (χ4v) is 3.52. The molecule has 0 spiro atoms. The molecule has 108 valence electrons. The van der Waals surface area contributed by atoms with Gasteiger partial charge in [-0.05, 0) is 42.5 Å². The molecule has 2 aromatic carbocycles. The number of anilines is 1. The zero-order valence-corrected chi connectivity index (χ0v) is 12.0. The summed E-state index contributed by atoms with van der Waals surface area (Å²) in [5, 5.41) is 0. The second-order valence-electron chi connectivity index (χ2n) is 4.18. The summed E-state index contributed by atoms with van der Waals surface area (Å²) in [6.45, 7) is 0. The van der Waals surface area contributed by atoms with Crippen LogP contribution in [-0.4, -0.2) is 8.42 Å². The van der Waals surface area contributed by atoms with Gasteiger partial charge in [0.15, 0.2) is 0 Å². The zero-order valence-electron chi connectivity index (χ0n) is 10.4. The van der Waals surface area contributed by atoms with Crippen LogP contribution in [0.25, 0.3) is 10.3 Å². The van der Waals surface area contributed by atoms with Gasteiger partial charge in [-0.1, -0.05) is 11.3 Å². The van der Waals surface area contributed by atoms with Gasteiger partial charge in [-0.2, -0.15) is 0 Å². The first-order valence-electron chi connectivity index (χ1n) is 5.76. The first kappa shape index (κ1) is 13.8. The lowest BCUT2D eigenvalue weighted by atomic mass is 10.3. The van der Waals surface area contributed by atoms with E-state index in [0.29, 0.717) is 16.0 Å². The standard InChI is InChI=1S/C13H8FNO4S2/c14-8-1-4-10(5-2-8)21(17,18)15-9-3-6-11-12(7-9)20-13(16)19-11/h1-7,15H. The topological polar surface area (TPSA) is 76.4 Å². The molecule has 0 aliphatic carbocycles. The van der Waals surface area contributed by atoms with Crippen LogP contribution in [0.15, 0.2) is 56.6 Å². The van der Waals surface area contributed by atoms with Crippen LogP contribution in [0.4, 0.5) is 10.1 Å². The van der Waals surface area contributed by atoms with Crippen molar-refractivity contribution >= 4 is 37.3 Å². The summed E-state index contributed by atoms with van der Waals surface area (Å²) >= 11 is 0.883. The van der Waals surface area contributed by atoms with E-state index in [9.17, 15) is 17.6 Å². The second-order valence-corrected chi connectivity index (χ2v) is 6.83. The van der Waals surface area contributed by atoms with Crippen LogP contribution in [-0.2, 0) is 10.0 Å². The average molecular weight is 325 g/mol. The third-order valence-corrected chi connectivity index (χ3v) is 4.89. The van der Waals surface area contributed by atoms with Gasteiger partial charge in [-0.25, -0.2) is 17.6 Å². The summed E-state index contributed by atoms with van der Waals surface area (Å²) in [6, 6.07) is 8.98. The lowest BCUT2D eigenvalue weighted by molar-refractivity contribution is 0.585. The minimum absolute atomic E-state index is 0.0515. The highest BCUT2D eigenvalue weighted by molar-refractivity contribution is 7.92. The Labute approximate surface area is 122 Å². The molecule has 0 radical (unpaired) electrons. The Kier molecular flexibility index (Phi) is 3.26. The van der Waals surface area contributed by atoms with Crippen LogP contribution in [0.2, 0.25) is 0 Å². The summed E-state index contributed by atoms with van der Waals surface area (Å²) in [5.41, 5.74) is 0.693. The number of nitrogens with one attached hydrogen (secondary N) is 1. The highest BCUT2D eigenvalue weighted by atomic mass is 32.2. The molecule has 1 N–H and O–H groups in total. The maximum Gasteiger partial charge on any atom is 0.396 e. The van der Waals surface area contributed by atoms with Crippen molar-refractivity contribution < 1.29 is 17.2 Å². The number of fused-ring (bicyclic) bond motifs is 1. The number of hydrogen-bond donors (Lipinski definition) is 1. The van der Waals surface area contributed by atoms with E-state index in [4.69, 9.17) is 4.42 Å². The number of benzene rings is 2. The molecule has 21 heavy (non-hydrogen) atoms. The van der Waals surface area contributed by atoms with Gasteiger partial charge in [0, 0.05) is 0 Å². The van der Waals surface area contributed by atoms with Crippen molar-refractivity contribution in [2.45, 2.75) is 4.90 Å². The summed E-state index contributed by atoms with van der Waals surface area (Å²) in [4.78, 5) is 10.6. The monoisotopic (exact) mass is 325 g/mol. The third kappa shape index (κ3) is 2.81. The maximum atomic E-state index is 12.8. The van der Waals surface area contributed by atoms with Crippen molar-refractivity contribution in [1.29, 1.82) is 0 Å². The van der Waals surface area contributed by atoms with Gasteiger partial charge in [-0.3, -0.25) is 4.72 Å². The van der Waals surface area contributed by atoms with Gasteiger partial charge >= 0.3 is 4.94 Å². The second kappa shape index (κ2) is 4.97. The summed E-state index contributed by atoms with van der Waals surface area (Å²) in [7, 11) is -3.81. The highest BCUT2D eigenvalue weighted by Crippen LogP contribution is 2.23. The number of rotatable bonds is 3. The van der Waals surface area contributed by atoms with E-state index in [-0.39, 0.29) is 4.90 Å². The minimum Gasteiger partial charge on any atom is -0.414 e. The Bertz CT molecular complexity index is 958. The van der Waals surface area contributed by atoms with Crippen LogP contribution in [0.3, 0.4) is 0 Å². The van der Waals surface area contributed by atoms with E-state index < -0.39 is 20.8 Å². The molecule has 5 nitrogen and oxygen atoms in total. The Morgan fingerprint density at radius 3 is 2.52 bits per heavy atom. The summed E-state index contributed by atoms with van der Waals surface area (Å²) in [6.07, 6.45) is 0. The molecule has 0 bridgehead atoms. The fraction of sp³-hybridized carbons (Fsp3) is 0. The molecule has 8 heteroatoms. The minimum atomic E-state index is -3.81. The van der Waals surface area contributed by atoms with E-state index in [2.05, 4.69) is 4.72 Å². The van der Waals surface area contributed by atoms with Crippen molar-refractivity contribution in [3.63, 3.8) is 0 Å². The number of sulfonamides is 1. The first-order valence-corrected chi connectivity index (χ1v) is 8.06. The van der Waals surface area contributed by atoms with Crippen LogP contribution < -0.4 is 9.66 Å². The maximum absolute atomic E-state index is 12.8. The SMILES string of the molecule is O=c1oc2ccc(NS(=O)(=O)c3ccc(F)cc3)cc2s1. The van der Waals surface area contributed by atoms with E-state index in [1.165, 1.54) is 30.3 Å². The number of hydrogen-bond acceptors (Lipinski definition) is 5. The van der Waals surface area contributed by atoms with Gasteiger partial charge in [0.1, 0.15) is 11.4 Å². The van der Waals surface area contributed by atoms with Crippen molar-refractivity contribution in [2.75, 3.05) is 4.72 Å². The Morgan fingerprint density at radius 1 is 1.10 bits per heavy atom. The Morgan fingerprint density at radius 2 is 1.81 bits per heavy atom. The molecule has 0 atom stereocenters. The first-order chi connectivity index (χ1) is 9.94. The lowest BCUT2D eigenvalue weighted by Crippen LogP contribution is -2.12. The predicted octanol–water partition coefficient (Wildman–Crippen LogP) is 2.79. The summed E-state index contributed by atoms with van der Waals surface area (Å²) in [5.74, 6) is -0.515. The normalized spacial score (nSPS) is 11.7. The van der Waals surface area contributed by atoms with Gasteiger partial charge in [0.2, 0.25) is 0 Å². The molecule has 0 saturated carbocycles. The molecule has 0 unspecified atom stereocenters. The van der Waals surface area contributed by atoms with Crippen molar-refractivity contribution in [1.82, 2.24) is 0 Å². The van der Waals surface area contributed by atoms with E-state index in [0.717, 1.165) is 23.5 Å². The molecule has 3 aromatic rings. The fourth-order valence-electron chi connectivity index (χ4n) is 1.76. The van der Waals surface area contributed by atoms with Gasteiger partial charge in [0.25, 0.3) is 10.0 Å². The predicted molar refractivity (Wildman–Crippen MR) is 77.6 cm³/mol. The highest BCUT2D eigenvalue weighted by Gasteiger charge is 2.15. The van der Waals surface area contributed by atoms with Gasteiger partial charge in [-0.15, -0.1) is 0 Å². The average Bonchev–Trinajstić information content (AvgIpc) is 2.78. The molecule has 0 amide bonds. The van der Waals surface area contributed by atoms with Crippen LogP contribution in [0, 0.1) is 5.82 Å². The molecule has 0 aliphatic rings. The largest absolute Gasteiger partial charge is 0.414 e. The van der Waals surface area contributed by atoms with Crippen molar-refractivity contribution in [3.05, 3.63) is 58.0 Å². The van der Waals surface area contributed by atoms with Crippen LogP contribution in [0.5, 0.6) is 0 Å². The molecule has 1 aromatic heterocycles. The summed E-state index contributed by atoms with van der Waals surface area (Å²) < 4.78 is 44.9. The molecular weight excluding hydrogens is 317 g/mol. The van der Waals surface area contributed by atoms with Crippen molar-refractivity contribution in [2.24, 2.45) is 0 Å². The van der Waals surface area contributed by atoms with E-state index in [1.807, 2.05) is 0 Å². The van der Waals surface area contributed by atoms with E-state index >= 15 is 0 Å². The Hall–Kier alpha value is -2.19. The molecule has 0 saturated heterocycles. The molecule has 3 rings (SSSR count). The smallest absolute Gasteiger partial charge is 0.396 e.